The van der Waals surface area contributed by atoms with Gasteiger partial charge in [-0.15, -0.1) is 11.3 Å². The Morgan fingerprint density at radius 3 is 2.83 bits per heavy atom. The first-order valence-corrected chi connectivity index (χ1v) is 10.4. The number of hydrogen-bond acceptors (Lipinski definition) is 8. The summed E-state index contributed by atoms with van der Waals surface area (Å²) < 4.78 is 16.5. The van der Waals surface area contributed by atoms with E-state index in [2.05, 4.69) is 20.4 Å². The van der Waals surface area contributed by atoms with E-state index in [0.29, 0.717) is 42.2 Å². The molecule has 1 aromatic carbocycles. The monoisotopic (exact) mass is 428 g/mol. The summed E-state index contributed by atoms with van der Waals surface area (Å²) in [5, 5.41) is 8.67. The average Bonchev–Trinajstić information content (AvgIpc) is 3.37. The molecule has 0 spiro atoms. The molecule has 0 aliphatic carbocycles. The van der Waals surface area contributed by atoms with E-state index >= 15 is 0 Å². The molecule has 5 rings (SSSR count). The van der Waals surface area contributed by atoms with Gasteiger partial charge in [-0.3, -0.25) is 0 Å². The Morgan fingerprint density at radius 2 is 2.00 bits per heavy atom. The van der Waals surface area contributed by atoms with E-state index in [9.17, 15) is 0 Å². The molecule has 4 aromatic rings. The highest BCUT2D eigenvalue weighted by atomic mass is 35.5. The van der Waals surface area contributed by atoms with E-state index in [1.54, 1.807) is 12.3 Å². The van der Waals surface area contributed by atoms with Crippen LogP contribution in [0.25, 0.3) is 21.8 Å². The van der Waals surface area contributed by atoms with Crippen molar-refractivity contribution in [2.24, 2.45) is 0 Å². The maximum atomic E-state index is 6.52. The van der Waals surface area contributed by atoms with Gasteiger partial charge in [-0.25, -0.2) is 9.97 Å². The molecule has 7 nitrogen and oxygen atoms in total. The van der Waals surface area contributed by atoms with E-state index in [1.807, 2.05) is 25.1 Å². The normalized spacial score (nSPS) is 13.0. The van der Waals surface area contributed by atoms with Crippen LogP contribution in [0.1, 0.15) is 10.4 Å². The maximum Gasteiger partial charge on any atom is 0.204 e. The highest BCUT2D eigenvalue weighted by Gasteiger charge is 2.18. The lowest BCUT2D eigenvalue weighted by molar-refractivity contribution is 0.171. The number of anilines is 1. The van der Waals surface area contributed by atoms with Gasteiger partial charge in [0.25, 0.3) is 0 Å². The largest absolute Gasteiger partial charge is 0.486 e. The van der Waals surface area contributed by atoms with Crippen molar-refractivity contribution in [3.05, 3.63) is 45.9 Å². The quantitative estimate of drug-likeness (QED) is 0.491. The average molecular weight is 429 g/mol. The minimum atomic E-state index is 0.481. The first-order valence-electron chi connectivity index (χ1n) is 9.19. The summed E-state index contributed by atoms with van der Waals surface area (Å²) in [6.07, 6.45) is 2.37. The summed E-state index contributed by atoms with van der Waals surface area (Å²) in [4.78, 5) is 11.0. The summed E-state index contributed by atoms with van der Waals surface area (Å²) in [6, 6.07) is 7.76. The van der Waals surface area contributed by atoms with E-state index in [1.165, 1.54) is 11.3 Å². The molecule has 1 aliphatic heterocycles. The molecule has 148 valence electrons. The van der Waals surface area contributed by atoms with Gasteiger partial charge in [0.1, 0.15) is 23.9 Å². The Morgan fingerprint density at radius 1 is 1.14 bits per heavy atom. The molecule has 9 heteroatoms. The fourth-order valence-corrected chi connectivity index (χ4v) is 4.48. The number of aryl methyl sites for hydroxylation is 1. The third kappa shape index (κ3) is 3.49. The number of rotatable bonds is 5. The summed E-state index contributed by atoms with van der Waals surface area (Å²) in [5.41, 5.74) is 1.15. The smallest absolute Gasteiger partial charge is 0.204 e. The first kappa shape index (κ1) is 18.2. The molecule has 3 aromatic heterocycles. The lowest BCUT2D eigenvalue weighted by Gasteiger charge is -2.19. The minimum Gasteiger partial charge on any atom is -0.486 e. The number of nitrogens with one attached hydrogen (secondary N) is 1. The predicted molar refractivity (Wildman–Crippen MR) is 112 cm³/mol. The Bertz CT molecular complexity index is 1180. The van der Waals surface area contributed by atoms with Crippen LogP contribution in [-0.2, 0) is 6.42 Å². The Kier molecular flexibility index (Phi) is 4.73. The van der Waals surface area contributed by atoms with Crippen LogP contribution in [0.4, 0.5) is 5.82 Å². The van der Waals surface area contributed by atoms with Gasteiger partial charge >= 0.3 is 0 Å². The Hall–Kier alpha value is -2.84. The molecule has 0 saturated carbocycles. The molecular weight excluding hydrogens is 412 g/mol. The van der Waals surface area contributed by atoms with Crippen LogP contribution >= 0.6 is 22.9 Å². The van der Waals surface area contributed by atoms with Crippen molar-refractivity contribution in [3.63, 3.8) is 0 Å². The van der Waals surface area contributed by atoms with Gasteiger partial charge in [-0.2, -0.15) is 0 Å². The standard InChI is InChI=1S/C20H17ClN4O3S/c1-11-17(21)16-19(24-18(25-20(16)29-11)14-5-7-23-28-14)22-6-4-12-2-3-13-15(10-12)27-9-8-26-13/h2-3,5,7,10H,4,6,8-9H2,1H3,(H,22,24,25). The second-order valence-corrected chi connectivity index (χ2v) is 8.16. The molecule has 0 fully saturated rings. The molecule has 1 aliphatic rings. The Balaban J connectivity index is 1.41. The van der Waals surface area contributed by atoms with E-state index in [0.717, 1.165) is 38.6 Å². The Labute approximate surface area is 175 Å². The van der Waals surface area contributed by atoms with Gasteiger partial charge in [-0.05, 0) is 31.0 Å². The van der Waals surface area contributed by atoms with Crippen LogP contribution < -0.4 is 14.8 Å². The lowest BCUT2D eigenvalue weighted by Crippen LogP contribution is -2.15. The lowest BCUT2D eigenvalue weighted by atomic mass is 10.1. The van der Waals surface area contributed by atoms with Gasteiger partial charge in [0.05, 0.1) is 16.6 Å². The summed E-state index contributed by atoms with van der Waals surface area (Å²) in [5.74, 6) is 3.27. The molecule has 0 amide bonds. The summed E-state index contributed by atoms with van der Waals surface area (Å²) in [6.45, 7) is 3.81. The second-order valence-electron chi connectivity index (χ2n) is 6.58. The van der Waals surface area contributed by atoms with Crippen molar-refractivity contribution in [1.29, 1.82) is 0 Å². The predicted octanol–water partition coefficient (Wildman–Crippen LogP) is 4.73. The molecule has 0 saturated heterocycles. The number of ether oxygens (including phenoxy) is 2. The van der Waals surface area contributed by atoms with Crippen molar-refractivity contribution in [3.8, 4) is 23.1 Å². The molecular formula is C20H17ClN4O3S. The van der Waals surface area contributed by atoms with Gasteiger partial charge < -0.3 is 19.3 Å². The van der Waals surface area contributed by atoms with Crippen molar-refractivity contribution in [2.45, 2.75) is 13.3 Å². The van der Waals surface area contributed by atoms with Crippen LogP contribution in [0.2, 0.25) is 5.02 Å². The number of fused-ring (bicyclic) bond motifs is 2. The molecule has 4 heterocycles. The molecule has 1 N–H and O–H groups in total. The molecule has 29 heavy (non-hydrogen) atoms. The van der Waals surface area contributed by atoms with E-state index < -0.39 is 0 Å². The van der Waals surface area contributed by atoms with Crippen LogP contribution in [0.3, 0.4) is 0 Å². The zero-order chi connectivity index (χ0) is 19.8. The van der Waals surface area contributed by atoms with Crippen molar-refractivity contribution in [1.82, 2.24) is 15.1 Å². The van der Waals surface area contributed by atoms with Crippen LogP contribution in [-0.4, -0.2) is 34.9 Å². The SMILES string of the molecule is Cc1sc2nc(-c3ccno3)nc(NCCc3ccc4c(c3)OCCO4)c2c1Cl. The van der Waals surface area contributed by atoms with Crippen molar-refractivity contribution in [2.75, 3.05) is 25.1 Å². The highest BCUT2D eigenvalue weighted by molar-refractivity contribution is 7.19. The molecule has 0 atom stereocenters. The summed E-state index contributed by atoms with van der Waals surface area (Å²) in [7, 11) is 0. The minimum absolute atomic E-state index is 0.481. The zero-order valence-corrected chi connectivity index (χ0v) is 17.1. The van der Waals surface area contributed by atoms with Crippen LogP contribution in [0.5, 0.6) is 11.5 Å². The number of aromatic nitrogens is 3. The van der Waals surface area contributed by atoms with Gasteiger partial charge in [0.2, 0.25) is 11.6 Å². The fourth-order valence-electron chi connectivity index (χ4n) is 3.22. The molecule has 0 bridgehead atoms. The number of nitrogens with zero attached hydrogens (tertiary/aromatic N) is 3. The zero-order valence-electron chi connectivity index (χ0n) is 15.6. The number of thiophene rings is 1. The van der Waals surface area contributed by atoms with Crippen molar-refractivity contribution >= 4 is 39.0 Å². The maximum absolute atomic E-state index is 6.52. The van der Waals surface area contributed by atoms with Gasteiger partial charge in [0, 0.05) is 17.5 Å². The fraction of sp³-hybridized carbons (Fsp3) is 0.250. The number of halogens is 1. The van der Waals surface area contributed by atoms with E-state index in [-0.39, 0.29) is 0 Å². The topological polar surface area (TPSA) is 82.3 Å². The number of benzene rings is 1. The molecule has 0 unspecified atom stereocenters. The van der Waals surface area contributed by atoms with E-state index in [4.69, 9.17) is 25.6 Å². The third-order valence-corrected chi connectivity index (χ3v) is 6.21. The van der Waals surface area contributed by atoms with Crippen molar-refractivity contribution < 1.29 is 14.0 Å². The first-order chi connectivity index (χ1) is 14.2. The third-order valence-electron chi connectivity index (χ3n) is 4.63. The second kappa shape index (κ2) is 7.53. The molecule has 0 radical (unpaired) electrons. The van der Waals surface area contributed by atoms with Gasteiger partial charge in [-0.1, -0.05) is 22.8 Å². The highest BCUT2D eigenvalue weighted by Crippen LogP contribution is 2.38. The summed E-state index contributed by atoms with van der Waals surface area (Å²) >= 11 is 8.06. The van der Waals surface area contributed by atoms with Gasteiger partial charge in [0.15, 0.2) is 11.5 Å². The van der Waals surface area contributed by atoms with Crippen LogP contribution in [0, 0.1) is 6.92 Å². The van der Waals surface area contributed by atoms with Crippen LogP contribution in [0.15, 0.2) is 35.0 Å². The number of hydrogen-bond donors (Lipinski definition) is 1.